The number of hydrogen-bond acceptors (Lipinski definition) is 6. The van der Waals surface area contributed by atoms with Gasteiger partial charge in [-0.2, -0.15) is 8.42 Å². The van der Waals surface area contributed by atoms with Crippen molar-refractivity contribution in [1.82, 2.24) is 0 Å². The minimum absolute atomic E-state index is 0.0121. The first kappa shape index (κ1) is 20.0. The maximum atomic E-state index is 11.9. The van der Waals surface area contributed by atoms with E-state index in [0.717, 1.165) is 5.56 Å². The van der Waals surface area contributed by atoms with E-state index in [2.05, 4.69) is 4.18 Å². The largest absolute Gasteiger partial charge is 0.481 e. The van der Waals surface area contributed by atoms with Gasteiger partial charge in [0, 0.05) is 5.56 Å². The Hall–Kier alpha value is -2.06. The summed E-state index contributed by atoms with van der Waals surface area (Å²) in [4.78, 5) is 34.1. The van der Waals surface area contributed by atoms with E-state index in [0.29, 0.717) is 6.29 Å². The van der Waals surface area contributed by atoms with Crippen molar-refractivity contribution in [2.75, 3.05) is 6.61 Å². The Morgan fingerprint density at radius 3 is 2.29 bits per heavy atom. The van der Waals surface area contributed by atoms with E-state index in [1.165, 1.54) is 12.1 Å². The Balaban J connectivity index is 2.66. The molecule has 0 radical (unpaired) electrons. The van der Waals surface area contributed by atoms with Crippen molar-refractivity contribution in [1.29, 1.82) is 0 Å². The number of aryl methyl sites for hydroxylation is 1. The van der Waals surface area contributed by atoms with Crippen LogP contribution in [0.15, 0.2) is 24.3 Å². The van der Waals surface area contributed by atoms with E-state index in [1.807, 2.05) is 0 Å². The zero-order chi connectivity index (χ0) is 18.4. The van der Waals surface area contributed by atoms with Crippen LogP contribution in [0, 0.1) is 12.3 Å². The van der Waals surface area contributed by atoms with Gasteiger partial charge >= 0.3 is 21.2 Å². The molecule has 0 spiro atoms. The van der Waals surface area contributed by atoms with E-state index in [1.54, 1.807) is 26.0 Å². The third kappa shape index (κ3) is 4.72. The number of aldehydes is 1. The van der Waals surface area contributed by atoms with Gasteiger partial charge in [-0.05, 0) is 38.3 Å². The molecular weight excluding hydrogens is 336 g/mol. The molecule has 0 aliphatic carbocycles. The average Bonchev–Trinajstić information content (AvgIpc) is 2.55. The lowest BCUT2D eigenvalue weighted by Gasteiger charge is -2.20. The van der Waals surface area contributed by atoms with Crippen LogP contribution in [0.2, 0.25) is 0 Å². The molecule has 7 nitrogen and oxygen atoms in total. The van der Waals surface area contributed by atoms with E-state index in [9.17, 15) is 22.8 Å². The molecule has 0 heterocycles. The molecule has 0 saturated carbocycles. The fraction of sp³-hybridized carbons (Fsp3) is 0.438. The standard InChI is InChI=1S/C16H20O7S/c1-3-16(11-17,15(19)20)9-4-10-23-24(21,22)14(18)13-7-5-12(2)6-8-13/h5-8,11H,3-4,9-10H2,1-2H3,(H,19,20). The molecule has 0 aromatic heterocycles. The predicted molar refractivity (Wildman–Crippen MR) is 86.0 cm³/mol. The summed E-state index contributed by atoms with van der Waals surface area (Å²) < 4.78 is 28.4. The summed E-state index contributed by atoms with van der Waals surface area (Å²) in [5.41, 5.74) is -0.695. The molecular formula is C16H20O7S. The van der Waals surface area contributed by atoms with Gasteiger partial charge in [0.2, 0.25) is 0 Å². The molecule has 0 fully saturated rings. The van der Waals surface area contributed by atoms with Gasteiger partial charge in [0.05, 0.1) is 6.61 Å². The van der Waals surface area contributed by atoms with Crippen molar-refractivity contribution in [3.8, 4) is 0 Å². The first-order chi connectivity index (χ1) is 11.2. The summed E-state index contributed by atoms with van der Waals surface area (Å²) >= 11 is 0. The summed E-state index contributed by atoms with van der Waals surface area (Å²) in [7, 11) is -4.45. The fourth-order valence-corrected chi connectivity index (χ4v) is 2.94. The predicted octanol–water partition coefficient (Wildman–Crippen LogP) is 1.94. The van der Waals surface area contributed by atoms with Gasteiger partial charge in [0.1, 0.15) is 11.7 Å². The normalized spacial score (nSPS) is 13.9. The second kappa shape index (κ2) is 8.16. The lowest BCUT2D eigenvalue weighted by Crippen LogP contribution is -2.32. The number of rotatable bonds is 9. The third-order valence-corrected chi connectivity index (χ3v) is 4.97. The van der Waals surface area contributed by atoms with Crippen molar-refractivity contribution in [3.05, 3.63) is 35.4 Å². The van der Waals surface area contributed by atoms with Crippen molar-refractivity contribution in [3.63, 3.8) is 0 Å². The van der Waals surface area contributed by atoms with Gasteiger partial charge in [-0.15, -0.1) is 0 Å². The number of carboxylic acid groups (broad SMARTS) is 1. The quantitative estimate of drug-likeness (QED) is 0.311. The minimum atomic E-state index is -4.45. The molecule has 0 bridgehead atoms. The summed E-state index contributed by atoms with van der Waals surface area (Å²) in [5.74, 6) is -1.27. The van der Waals surface area contributed by atoms with E-state index in [4.69, 9.17) is 5.11 Å². The van der Waals surface area contributed by atoms with Crippen LogP contribution in [-0.2, 0) is 23.9 Å². The smallest absolute Gasteiger partial charge is 0.335 e. The molecule has 24 heavy (non-hydrogen) atoms. The van der Waals surface area contributed by atoms with Crippen molar-refractivity contribution < 1.29 is 32.1 Å². The Morgan fingerprint density at radius 1 is 1.25 bits per heavy atom. The minimum Gasteiger partial charge on any atom is -0.481 e. The monoisotopic (exact) mass is 356 g/mol. The summed E-state index contributed by atoms with van der Waals surface area (Å²) in [6.07, 6.45) is 0.373. The number of benzene rings is 1. The molecule has 0 aliphatic heterocycles. The van der Waals surface area contributed by atoms with Crippen LogP contribution in [0.5, 0.6) is 0 Å². The van der Waals surface area contributed by atoms with E-state index in [-0.39, 0.29) is 31.4 Å². The molecule has 1 rings (SSSR count). The number of carboxylic acids is 1. The molecule has 1 aromatic rings. The van der Waals surface area contributed by atoms with Crippen molar-refractivity contribution in [2.45, 2.75) is 33.1 Å². The molecule has 8 heteroatoms. The first-order valence-corrected chi connectivity index (χ1v) is 8.79. The van der Waals surface area contributed by atoms with Crippen molar-refractivity contribution >= 4 is 27.5 Å². The molecule has 132 valence electrons. The van der Waals surface area contributed by atoms with E-state index >= 15 is 0 Å². The van der Waals surface area contributed by atoms with Gasteiger partial charge in [0.15, 0.2) is 0 Å². The van der Waals surface area contributed by atoms with Crippen LogP contribution < -0.4 is 0 Å². The summed E-state index contributed by atoms with van der Waals surface area (Å²) in [6, 6.07) is 5.99. The van der Waals surface area contributed by atoms with Crippen LogP contribution in [0.3, 0.4) is 0 Å². The second-order valence-corrected chi connectivity index (χ2v) is 6.98. The number of aliphatic carboxylic acids is 1. The number of carbonyl (C=O) groups is 3. The van der Waals surface area contributed by atoms with Gasteiger partial charge in [-0.25, -0.2) is 0 Å². The van der Waals surface area contributed by atoms with Crippen LogP contribution in [0.25, 0.3) is 0 Å². The van der Waals surface area contributed by atoms with E-state index < -0.39 is 26.6 Å². The Bertz CT molecular complexity index is 706. The summed E-state index contributed by atoms with van der Waals surface area (Å²) in [5, 5.41) is 7.94. The third-order valence-electron chi connectivity index (χ3n) is 3.80. The van der Waals surface area contributed by atoms with Crippen LogP contribution >= 0.6 is 0 Å². The Morgan fingerprint density at radius 2 is 1.83 bits per heavy atom. The highest BCUT2D eigenvalue weighted by atomic mass is 32.2. The highest BCUT2D eigenvalue weighted by Crippen LogP contribution is 2.26. The molecule has 0 aliphatic rings. The van der Waals surface area contributed by atoms with Gasteiger partial charge in [-0.1, -0.05) is 24.6 Å². The average molecular weight is 356 g/mol. The van der Waals surface area contributed by atoms with Crippen LogP contribution in [0.1, 0.15) is 42.1 Å². The number of hydrogen-bond donors (Lipinski definition) is 1. The summed E-state index contributed by atoms with van der Waals surface area (Å²) in [6.45, 7) is 2.98. The zero-order valence-corrected chi connectivity index (χ0v) is 14.3. The lowest BCUT2D eigenvalue weighted by molar-refractivity contribution is -0.152. The molecule has 1 atom stereocenters. The zero-order valence-electron chi connectivity index (χ0n) is 13.5. The highest BCUT2D eigenvalue weighted by Gasteiger charge is 2.36. The van der Waals surface area contributed by atoms with Gasteiger partial charge in [-0.3, -0.25) is 13.8 Å². The number of carbonyl (C=O) groups excluding carboxylic acids is 2. The maximum Gasteiger partial charge on any atom is 0.335 e. The van der Waals surface area contributed by atoms with Gasteiger partial charge in [0.25, 0.3) is 0 Å². The maximum absolute atomic E-state index is 11.9. The lowest BCUT2D eigenvalue weighted by atomic mass is 9.82. The van der Waals surface area contributed by atoms with Crippen LogP contribution in [-0.4, -0.2) is 37.5 Å². The Labute approximate surface area is 140 Å². The Kier molecular flexibility index (Phi) is 6.80. The second-order valence-electron chi connectivity index (χ2n) is 5.47. The molecule has 0 amide bonds. The fourth-order valence-electron chi connectivity index (χ4n) is 2.07. The molecule has 1 aromatic carbocycles. The molecule has 0 saturated heterocycles. The molecule has 1 unspecified atom stereocenters. The first-order valence-electron chi connectivity index (χ1n) is 7.38. The SMILES string of the molecule is CCC(C=O)(CCCOS(=O)(=O)C(=O)c1ccc(C)cc1)C(=O)O. The topological polar surface area (TPSA) is 115 Å². The molecule has 1 N–H and O–H groups in total. The van der Waals surface area contributed by atoms with Crippen LogP contribution in [0.4, 0.5) is 0 Å². The van der Waals surface area contributed by atoms with Gasteiger partial charge < -0.3 is 9.90 Å². The highest BCUT2D eigenvalue weighted by molar-refractivity contribution is 8.02. The van der Waals surface area contributed by atoms with Crippen molar-refractivity contribution in [2.24, 2.45) is 5.41 Å².